The molecule has 0 unspecified atom stereocenters. The van der Waals surface area contributed by atoms with Gasteiger partial charge in [-0.05, 0) is 50.2 Å². The summed E-state index contributed by atoms with van der Waals surface area (Å²) in [7, 11) is 0. The van der Waals surface area contributed by atoms with Gasteiger partial charge in [-0.1, -0.05) is 11.6 Å². The first kappa shape index (κ1) is 24.9. The number of β-amino-alcohol motifs (C(OH)–C–C–N with tert-alkyl or cyclic N) is 1. The number of halogens is 4. The zero-order valence-electron chi connectivity index (χ0n) is 19.0. The van der Waals surface area contributed by atoms with Crippen molar-refractivity contribution in [2.75, 3.05) is 37.6 Å². The van der Waals surface area contributed by atoms with Crippen molar-refractivity contribution in [2.45, 2.75) is 57.5 Å². The third-order valence-corrected chi connectivity index (χ3v) is 7.58. The lowest BCUT2D eigenvalue weighted by Gasteiger charge is -2.40. The van der Waals surface area contributed by atoms with Gasteiger partial charge in [0.25, 0.3) is 0 Å². The molecule has 0 bridgehead atoms. The van der Waals surface area contributed by atoms with E-state index in [-0.39, 0.29) is 22.3 Å². The molecular weight excluding hydrogens is 475 g/mol. The van der Waals surface area contributed by atoms with Gasteiger partial charge in [-0.15, -0.1) is 13.2 Å². The number of rotatable bonds is 6. The van der Waals surface area contributed by atoms with Crippen LogP contribution in [0.15, 0.2) is 18.2 Å². The number of ether oxygens (including phenoxy) is 1. The van der Waals surface area contributed by atoms with E-state index in [1.807, 2.05) is 0 Å². The van der Waals surface area contributed by atoms with Crippen molar-refractivity contribution in [3.8, 4) is 5.75 Å². The summed E-state index contributed by atoms with van der Waals surface area (Å²) in [5, 5.41) is 10.1. The van der Waals surface area contributed by atoms with Gasteiger partial charge in [-0.2, -0.15) is 0 Å². The Morgan fingerprint density at radius 2 is 1.97 bits per heavy atom. The molecule has 1 aliphatic carbocycles. The van der Waals surface area contributed by atoms with Gasteiger partial charge in [0.2, 0.25) is 11.8 Å². The molecule has 2 saturated heterocycles. The third kappa shape index (κ3) is 5.38. The lowest BCUT2D eigenvalue weighted by Crippen LogP contribution is -2.56. The molecule has 2 aliphatic heterocycles. The first-order chi connectivity index (χ1) is 16.0. The average Bonchev–Trinajstić information content (AvgIpc) is 3.55. The van der Waals surface area contributed by atoms with E-state index in [2.05, 4.69) is 4.74 Å². The predicted octanol–water partition coefficient (Wildman–Crippen LogP) is 3.43. The van der Waals surface area contributed by atoms with Crippen LogP contribution in [0.4, 0.5) is 18.9 Å². The van der Waals surface area contributed by atoms with Gasteiger partial charge in [0.05, 0.1) is 11.1 Å². The van der Waals surface area contributed by atoms with Gasteiger partial charge < -0.3 is 24.5 Å². The Morgan fingerprint density at radius 3 is 2.62 bits per heavy atom. The third-order valence-electron chi connectivity index (χ3n) is 7.26. The first-order valence-electron chi connectivity index (χ1n) is 11.6. The van der Waals surface area contributed by atoms with Crippen molar-refractivity contribution in [1.29, 1.82) is 0 Å². The second-order valence-corrected chi connectivity index (χ2v) is 9.84. The standard InChI is InChI=1S/C23H29ClF3N3O4/c1-15-21(33)28(9-2-3-20(32)29-10-8-22(6-7-22)19(31)14-29)11-12-30(15)16-4-5-17(24)18(13-16)34-23(25,26)27/h4-5,13,15,19,31H,2-3,6-12,14H2,1H3/t15-,19-/m1/s1. The van der Waals surface area contributed by atoms with Crippen molar-refractivity contribution in [3.05, 3.63) is 23.2 Å². The van der Waals surface area contributed by atoms with E-state index in [1.165, 1.54) is 12.1 Å². The normalized spacial score (nSPS) is 24.5. The highest BCUT2D eigenvalue weighted by atomic mass is 35.5. The number of carbonyl (C=O) groups is 2. The molecule has 1 aromatic carbocycles. The SMILES string of the molecule is C[C@@H]1C(=O)N(CCCC(=O)N2CCC3(CC3)[C@H](O)C2)CCN1c1ccc(Cl)c(OC(F)(F)F)c1. The number of hydrogen-bond acceptors (Lipinski definition) is 5. The summed E-state index contributed by atoms with van der Waals surface area (Å²) in [6.45, 7) is 3.99. The fraction of sp³-hybridized carbons (Fsp3) is 0.652. The molecule has 188 valence electrons. The van der Waals surface area contributed by atoms with E-state index in [9.17, 15) is 27.9 Å². The molecule has 34 heavy (non-hydrogen) atoms. The Kier molecular flexibility index (Phi) is 6.92. The van der Waals surface area contributed by atoms with Crippen molar-refractivity contribution < 1.29 is 32.6 Å². The molecule has 11 heteroatoms. The second-order valence-electron chi connectivity index (χ2n) is 9.43. The van der Waals surface area contributed by atoms with Crippen LogP contribution in [-0.2, 0) is 9.59 Å². The number of hydrogen-bond donors (Lipinski definition) is 1. The van der Waals surface area contributed by atoms with Crippen LogP contribution < -0.4 is 9.64 Å². The quantitative estimate of drug-likeness (QED) is 0.644. The summed E-state index contributed by atoms with van der Waals surface area (Å²) in [5.41, 5.74) is 0.458. The van der Waals surface area contributed by atoms with Gasteiger partial charge in [0.15, 0.2) is 0 Å². The summed E-state index contributed by atoms with van der Waals surface area (Å²) in [6, 6.07) is 3.47. The summed E-state index contributed by atoms with van der Waals surface area (Å²) >= 11 is 5.83. The smallest absolute Gasteiger partial charge is 0.404 e. The molecule has 1 spiro atoms. The van der Waals surface area contributed by atoms with Gasteiger partial charge in [-0.3, -0.25) is 9.59 Å². The summed E-state index contributed by atoms with van der Waals surface area (Å²) in [4.78, 5) is 30.6. The summed E-state index contributed by atoms with van der Waals surface area (Å²) in [5.74, 6) is -0.675. The Labute approximate surface area is 201 Å². The zero-order valence-corrected chi connectivity index (χ0v) is 19.7. The van der Waals surface area contributed by atoms with Gasteiger partial charge >= 0.3 is 6.36 Å². The largest absolute Gasteiger partial charge is 0.573 e. The average molecular weight is 504 g/mol. The zero-order chi connectivity index (χ0) is 24.7. The minimum atomic E-state index is -4.87. The Hall–Kier alpha value is -2.20. The molecule has 2 heterocycles. The number of carbonyl (C=O) groups excluding carboxylic acids is 2. The number of likely N-dealkylation sites (tertiary alicyclic amines) is 1. The topological polar surface area (TPSA) is 73.3 Å². The highest BCUT2D eigenvalue weighted by Gasteiger charge is 2.51. The van der Waals surface area contributed by atoms with Crippen LogP contribution in [0.3, 0.4) is 0 Å². The minimum Gasteiger partial charge on any atom is -0.404 e. The number of nitrogens with zero attached hydrogens (tertiary/aromatic N) is 3. The molecule has 1 N–H and O–H groups in total. The first-order valence-corrected chi connectivity index (χ1v) is 11.9. The molecule has 1 aromatic rings. The van der Waals surface area contributed by atoms with Crippen molar-refractivity contribution >= 4 is 29.1 Å². The number of aliphatic hydroxyl groups excluding tert-OH is 1. The van der Waals surface area contributed by atoms with Crippen molar-refractivity contribution in [3.63, 3.8) is 0 Å². The van der Waals surface area contributed by atoms with Gasteiger partial charge in [-0.25, -0.2) is 0 Å². The molecule has 7 nitrogen and oxygen atoms in total. The molecule has 3 aliphatic rings. The second kappa shape index (κ2) is 9.45. The fourth-order valence-corrected chi connectivity index (χ4v) is 5.10. The number of piperidine rings is 1. The lowest BCUT2D eigenvalue weighted by molar-refractivity contribution is -0.274. The molecular formula is C23H29ClF3N3O4. The maximum Gasteiger partial charge on any atom is 0.573 e. The molecule has 2 atom stereocenters. The van der Waals surface area contributed by atoms with E-state index >= 15 is 0 Å². The van der Waals surface area contributed by atoms with E-state index in [4.69, 9.17) is 11.6 Å². The number of amides is 2. The monoisotopic (exact) mass is 503 g/mol. The molecule has 2 amide bonds. The number of benzene rings is 1. The van der Waals surface area contributed by atoms with E-state index < -0.39 is 24.3 Å². The Balaban J connectivity index is 1.28. The van der Waals surface area contributed by atoms with Crippen LogP contribution in [0.1, 0.15) is 39.0 Å². The Bertz CT molecular complexity index is 941. The van der Waals surface area contributed by atoms with Crippen LogP contribution >= 0.6 is 11.6 Å². The van der Waals surface area contributed by atoms with Crippen molar-refractivity contribution in [2.24, 2.45) is 5.41 Å². The summed E-state index contributed by atoms with van der Waals surface area (Å²) in [6.07, 6.45) is -1.58. The highest BCUT2D eigenvalue weighted by Crippen LogP contribution is 2.53. The van der Waals surface area contributed by atoms with Gasteiger partial charge in [0, 0.05) is 50.9 Å². The molecule has 0 aromatic heterocycles. The molecule has 3 fully saturated rings. The lowest BCUT2D eigenvalue weighted by atomic mass is 9.90. The predicted molar refractivity (Wildman–Crippen MR) is 120 cm³/mol. The van der Waals surface area contributed by atoms with Crippen LogP contribution in [0.5, 0.6) is 5.75 Å². The van der Waals surface area contributed by atoms with Crippen molar-refractivity contribution in [1.82, 2.24) is 9.80 Å². The number of alkyl halides is 3. The van der Waals surface area contributed by atoms with Gasteiger partial charge in [0.1, 0.15) is 11.8 Å². The van der Waals surface area contributed by atoms with Crippen LogP contribution in [-0.4, -0.2) is 78.0 Å². The Morgan fingerprint density at radius 1 is 1.24 bits per heavy atom. The molecule has 0 radical (unpaired) electrons. The van der Waals surface area contributed by atoms with E-state index in [1.54, 1.807) is 27.7 Å². The number of anilines is 1. The van der Waals surface area contributed by atoms with E-state index in [0.29, 0.717) is 51.3 Å². The van der Waals surface area contributed by atoms with Crippen LogP contribution in [0.25, 0.3) is 0 Å². The maximum atomic E-state index is 12.9. The van der Waals surface area contributed by atoms with Crippen LogP contribution in [0.2, 0.25) is 5.02 Å². The number of aliphatic hydroxyl groups is 1. The molecule has 4 rings (SSSR count). The highest BCUT2D eigenvalue weighted by molar-refractivity contribution is 6.32. The molecule has 1 saturated carbocycles. The maximum absolute atomic E-state index is 12.9. The van der Waals surface area contributed by atoms with Crippen LogP contribution in [0, 0.1) is 5.41 Å². The minimum absolute atomic E-state index is 0.00737. The summed E-state index contributed by atoms with van der Waals surface area (Å²) < 4.78 is 41.9. The fourth-order valence-electron chi connectivity index (χ4n) is 4.95. The van der Waals surface area contributed by atoms with E-state index in [0.717, 1.165) is 19.3 Å². The number of piperazine rings is 1.